The number of hydrogen-bond donors (Lipinski definition) is 2. The maximum Gasteiger partial charge on any atom is 0.234 e. The number of carbonyl (C=O) groups excluding carboxylic acids is 2. The topological polar surface area (TPSA) is 65.2 Å². The van der Waals surface area contributed by atoms with E-state index in [9.17, 15) is 9.59 Å². The normalized spacial score (nSPS) is 10.9. The molecule has 1 aromatic carbocycles. The molecule has 0 fully saturated rings. The molecule has 0 aliphatic carbocycles. The lowest BCUT2D eigenvalue weighted by atomic mass is 10.1. The van der Waals surface area contributed by atoms with Gasteiger partial charge in [-0.15, -0.1) is 0 Å². The number of likely N-dealkylation sites (N-methyl/N-ethyl adjacent to an activating group) is 2. The van der Waals surface area contributed by atoms with Crippen molar-refractivity contribution in [2.75, 3.05) is 26.7 Å². The average molecular weight is 273 g/mol. The number of aromatic nitrogens is 1. The van der Waals surface area contributed by atoms with Gasteiger partial charge in [-0.2, -0.15) is 0 Å². The molecule has 0 aliphatic rings. The Balaban J connectivity index is 2.03. The van der Waals surface area contributed by atoms with Gasteiger partial charge in [-0.05, 0) is 20.0 Å². The van der Waals surface area contributed by atoms with E-state index in [2.05, 4.69) is 10.3 Å². The van der Waals surface area contributed by atoms with Crippen LogP contribution in [0.1, 0.15) is 17.3 Å². The van der Waals surface area contributed by atoms with E-state index in [-0.39, 0.29) is 24.8 Å². The second kappa shape index (κ2) is 6.34. The molecule has 1 amide bonds. The van der Waals surface area contributed by atoms with Gasteiger partial charge in [0.05, 0.1) is 13.1 Å². The Morgan fingerprint density at radius 3 is 2.75 bits per heavy atom. The molecule has 20 heavy (non-hydrogen) atoms. The quantitative estimate of drug-likeness (QED) is 0.782. The van der Waals surface area contributed by atoms with Crippen LogP contribution < -0.4 is 5.32 Å². The summed E-state index contributed by atoms with van der Waals surface area (Å²) in [5.41, 5.74) is 1.62. The molecule has 0 atom stereocenters. The lowest BCUT2D eigenvalue weighted by molar-refractivity contribution is -0.121. The third-order valence-corrected chi connectivity index (χ3v) is 3.09. The highest BCUT2D eigenvalue weighted by Gasteiger charge is 2.15. The van der Waals surface area contributed by atoms with E-state index in [0.717, 1.165) is 10.9 Å². The second-order valence-electron chi connectivity index (χ2n) is 4.80. The maximum atomic E-state index is 12.3. The molecule has 1 aromatic heterocycles. The van der Waals surface area contributed by atoms with Crippen LogP contribution >= 0.6 is 0 Å². The summed E-state index contributed by atoms with van der Waals surface area (Å²) >= 11 is 0. The summed E-state index contributed by atoms with van der Waals surface area (Å²) in [6.07, 6.45) is 1.73. The van der Waals surface area contributed by atoms with Gasteiger partial charge in [0.2, 0.25) is 5.91 Å². The molecule has 2 aromatic rings. The maximum absolute atomic E-state index is 12.3. The van der Waals surface area contributed by atoms with Crippen molar-refractivity contribution in [1.82, 2.24) is 15.2 Å². The van der Waals surface area contributed by atoms with Gasteiger partial charge in [-0.3, -0.25) is 14.5 Å². The number of carbonyl (C=O) groups is 2. The average Bonchev–Trinajstić information content (AvgIpc) is 2.82. The van der Waals surface area contributed by atoms with Gasteiger partial charge in [-0.1, -0.05) is 18.2 Å². The molecular weight excluding hydrogens is 254 g/mol. The van der Waals surface area contributed by atoms with E-state index in [4.69, 9.17) is 0 Å². The first-order valence-corrected chi connectivity index (χ1v) is 6.66. The van der Waals surface area contributed by atoms with E-state index in [1.165, 1.54) is 0 Å². The van der Waals surface area contributed by atoms with Crippen molar-refractivity contribution in [3.8, 4) is 0 Å². The number of nitrogens with one attached hydrogen (secondary N) is 2. The minimum Gasteiger partial charge on any atom is -0.360 e. The summed E-state index contributed by atoms with van der Waals surface area (Å²) in [5, 5.41) is 3.64. The first-order chi connectivity index (χ1) is 9.61. The number of para-hydroxylation sites is 1. The Labute approximate surface area is 118 Å². The lowest BCUT2D eigenvalue weighted by Crippen LogP contribution is -2.37. The molecule has 0 spiro atoms. The smallest absolute Gasteiger partial charge is 0.234 e. The molecule has 0 unspecified atom stereocenters. The van der Waals surface area contributed by atoms with Crippen LogP contribution in [0.3, 0.4) is 0 Å². The molecule has 106 valence electrons. The summed E-state index contributed by atoms with van der Waals surface area (Å²) in [6.45, 7) is 2.92. The van der Waals surface area contributed by atoms with Gasteiger partial charge in [-0.25, -0.2) is 0 Å². The fraction of sp³-hybridized carbons (Fsp3) is 0.333. The van der Waals surface area contributed by atoms with Gasteiger partial charge in [0, 0.05) is 29.2 Å². The minimum absolute atomic E-state index is 0.00856. The van der Waals surface area contributed by atoms with E-state index in [1.807, 2.05) is 31.2 Å². The van der Waals surface area contributed by atoms with Crippen molar-refractivity contribution in [3.05, 3.63) is 36.0 Å². The molecular formula is C15H19N3O2. The van der Waals surface area contributed by atoms with Crippen LogP contribution in [0.4, 0.5) is 0 Å². The molecule has 0 bridgehead atoms. The summed E-state index contributed by atoms with van der Waals surface area (Å²) < 4.78 is 0. The fourth-order valence-corrected chi connectivity index (χ4v) is 2.19. The zero-order valence-corrected chi connectivity index (χ0v) is 11.8. The first-order valence-electron chi connectivity index (χ1n) is 6.66. The van der Waals surface area contributed by atoms with Crippen molar-refractivity contribution in [3.63, 3.8) is 0 Å². The first kappa shape index (κ1) is 14.3. The van der Waals surface area contributed by atoms with Gasteiger partial charge < -0.3 is 10.3 Å². The van der Waals surface area contributed by atoms with E-state index < -0.39 is 0 Å². The summed E-state index contributed by atoms with van der Waals surface area (Å²) in [4.78, 5) is 28.5. The van der Waals surface area contributed by atoms with Crippen LogP contribution in [0.5, 0.6) is 0 Å². The van der Waals surface area contributed by atoms with Crippen LogP contribution in [0.25, 0.3) is 10.9 Å². The second-order valence-corrected chi connectivity index (χ2v) is 4.80. The van der Waals surface area contributed by atoms with Crippen molar-refractivity contribution in [1.29, 1.82) is 0 Å². The van der Waals surface area contributed by atoms with E-state index in [0.29, 0.717) is 12.1 Å². The Morgan fingerprint density at radius 1 is 1.25 bits per heavy atom. The SMILES string of the molecule is CCNC(=O)CN(C)CC(=O)c1c[nH]c2ccccc12. The van der Waals surface area contributed by atoms with Crippen LogP contribution in [0.2, 0.25) is 0 Å². The highest BCUT2D eigenvalue weighted by molar-refractivity contribution is 6.08. The molecule has 5 heteroatoms. The third kappa shape index (κ3) is 3.24. The molecule has 1 heterocycles. The highest BCUT2D eigenvalue weighted by atomic mass is 16.2. The summed E-state index contributed by atoms with van der Waals surface area (Å²) in [5.74, 6) is -0.0593. The number of ketones is 1. The molecule has 5 nitrogen and oxygen atoms in total. The number of aromatic amines is 1. The van der Waals surface area contributed by atoms with Gasteiger partial charge in [0.1, 0.15) is 0 Å². The Kier molecular flexibility index (Phi) is 4.53. The number of rotatable bonds is 6. The van der Waals surface area contributed by atoms with Gasteiger partial charge in [0.25, 0.3) is 0 Å². The summed E-state index contributed by atoms with van der Waals surface area (Å²) in [7, 11) is 1.77. The molecule has 0 saturated heterocycles. The monoisotopic (exact) mass is 273 g/mol. The van der Waals surface area contributed by atoms with E-state index >= 15 is 0 Å². The van der Waals surface area contributed by atoms with Crippen LogP contribution in [-0.4, -0.2) is 48.3 Å². The van der Waals surface area contributed by atoms with E-state index in [1.54, 1.807) is 18.1 Å². The Bertz CT molecular complexity index is 618. The van der Waals surface area contributed by atoms with Crippen LogP contribution in [-0.2, 0) is 4.79 Å². The van der Waals surface area contributed by atoms with Crippen LogP contribution in [0.15, 0.2) is 30.5 Å². The molecule has 0 radical (unpaired) electrons. The van der Waals surface area contributed by atoms with Crippen molar-refractivity contribution < 1.29 is 9.59 Å². The van der Waals surface area contributed by atoms with Gasteiger partial charge >= 0.3 is 0 Å². The number of Topliss-reactive ketones (excluding diaryl/α,β-unsaturated/α-hetero) is 1. The molecule has 0 aliphatic heterocycles. The standard InChI is InChI=1S/C15H19N3O2/c1-3-16-15(20)10-18(2)9-14(19)12-8-17-13-7-5-4-6-11(12)13/h4-8,17H,3,9-10H2,1-2H3,(H,16,20). The highest BCUT2D eigenvalue weighted by Crippen LogP contribution is 2.18. The number of nitrogens with zero attached hydrogens (tertiary/aromatic N) is 1. The zero-order valence-electron chi connectivity index (χ0n) is 11.8. The predicted molar refractivity (Wildman–Crippen MR) is 78.8 cm³/mol. The van der Waals surface area contributed by atoms with Crippen molar-refractivity contribution in [2.24, 2.45) is 0 Å². The molecule has 0 saturated carbocycles. The molecule has 2 rings (SSSR count). The van der Waals surface area contributed by atoms with Crippen molar-refractivity contribution >= 4 is 22.6 Å². The van der Waals surface area contributed by atoms with Gasteiger partial charge in [0.15, 0.2) is 5.78 Å². The third-order valence-electron chi connectivity index (χ3n) is 3.09. The predicted octanol–water partition coefficient (Wildman–Crippen LogP) is 1.42. The van der Waals surface area contributed by atoms with Crippen LogP contribution in [0, 0.1) is 0 Å². The minimum atomic E-state index is -0.0678. The zero-order chi connectivity index (χ0) is 14.5. The largest absolute Gasteiger partial charge is 0.360 e. The Hall–Kier alpha value is -2.14. The number of amides is 1. The summed E-state index contributed by atoms with van der Waals surface area (Å²) in [6, 6.07) is 7.69. The Morgan fingerprint density at radius 2 is 2.00 bits per heavy atom. The number of fused-ring (bicyclic) bond motifs is 1. The number of H-pyrrole nitrogens is 1. The number of benzene rings is 1. The lowest BCUT2D eigenvalue weighted by Gasteiger charge is -2.14. The fourth-order valence-electron chi connectivity index (χ4n) is 2.19. The van der Waals surface area contributed by atoms with Crippen molar-refractivity contribution in [2.45, 2.75) is 6.92 Å². The number of hydrogen-bond acceptors (Lipinski definition) is 3. The molecule has 2 N–H and O–H groups in total.